The zero-order valence-corrected chi connectivity index (χ0v) is 6.92. The number of hydrogen-bond acceptors (Lipinski definition) is 1. The van der Waals surface area contributed by atoms with Gasteiger partial charge in [-0.25, -0.2) is 0 Å². The van der Waals surface area contributed by atoms with Crippen LogP contribution in [0.25, 0.3) is 0 Å². The Kier molecular flexibility index (Phi) is 3.12. The highest BCUT2D eigenvalue weighted by Gasteiger charge is 2.03. The van der Waals surface area contributed by atoms with Gasteiger partial charge in [-0.05, 0) is 17.9 Å². The molecule has 0 saturated carbocycles. The van der Waals surface area contributed by atoms with E-state index in [1.807, 2.05) is 6.08 Å². The molecule has 1 unspecified atom stereocenters. The summed E-state index contributed by atoms with van der Waals surface area (Å²) >= 11 is 0. The molecule has 0 aromatic carbocycles. The van der Waals surface area contributed by atoms with E-state index in [-0.39, 0.29) is 0 Å². The second-order valence-electron chi connectivity index (χ2n) is 2.71. The van der Waals surface area contributed by atoms with Crippen molar-refractivity contribution in [2.24, 2.45) is 5.92 Å². The molecule has 0 aromatic rings. The molecule has 1 nitrogen and oxygen atoms in total. The summed E-state index contributed by atoms with van der Waals surface area (Å²) in [5.41, 5.74) is 1.27. The van der Waals surface area contributed by atoms with Gasteiger partial charge in [-0.3, -0.25) is 0 Å². The van der Waals surface area contributed by atoms with Crippen molar-refractivity contribution >= 4 is 0 Å². The predicted molar refractivity (Wildman–Crippen MR) is 47.4 cm³/mol. The van der Waals surface area contributed by atoms with Crippen LogP contribution in [-0.4, -0.2) is 13.7 Å². The molecule has 0 fully saturated rings. The Bertz CT molecular complexity index is 189. The van der Waals surface area contributed by atoms with Crippen LogP contribution in [0.15, 0.2) is 36.5 Å². The lowest BCUT2D eigenvalue weighted by molar-refractivity contribution is 0.227. The Morgan fingerprint density at radius 1 is 1.82 bits per heavy atom. The van der Waals surface area contributed by atoms with E-state index in [0.717, 1.165) is 13.0 Å². The third-order valence-electron chi connectivity index (χ3n) is 1.82. The smallest absolute Gasteiger partial charge is 0.0709 e. The Morgan fingerprint density at radius 3 is 3.09 bits per heavy atom. The molecule has 0 aromatic heterocycles. The van der Waals surface area contributed by atoms with Gasteiger partial charge in [0, 0.05) is 7.11 Å². The van der Waals surface area contributed by atoms with Crippen molar-refractivity contribution in [2.45, 2.75) is 6.42 Å². The maximum Gasteiger partial charge on any atom is 0.0709 e. The second kappa shape index (κ2) is 4.14. The first-order valence-corrected chi connectivity index (χ1v) is 3.85. The van der Waals surface area contributed by atoms with Crippen LogP contribution < -0.4 is 0 Å². The van der Waals surface area contributed by atoms with Gasteiger partial charge in [0.05, 0.1) is 6.61 Å². The number of ether oxygens (including phenoxy) is 1. The highest BCUT2D eigenvalue weighted by molar-refractivity contribution is 5.25. The second-order valence-corrected chi connectivity index (χ2v) is 2.71. The van der Waals surface area contributed by atoms with E-state index < -0.39 is 0 Å². The van der Waals surface area contributed by atoms with Gasteiger partial charge in [0.15, 0.2) is 0 Å². The molecule has 0 aliphatic heterocycles. The Hall–Kier alpha value is -0.820. The highest BCUT2D eigenvalue weighted by Crippen LogP contribution is 2.16. The van der Waals surface area contributed by atoms with E-state index in [1.54, 1.807) is 7.11 Å². The van der Waals surface area contributed by atoms with Gasteiger partial charge in [-0.2, -0.15) is 0 Å². The first-order chi connectivity index (χ1) is 5.36. The molecule has 1 aliphatic carbocycles. The fourth-order valence-corrected chi connectivity index (χ4v) is 1.13. The fourth-order valence-electron chi connectivity index (χ4n) is 1.13. The summed E-state index contributed by atoms with van der Waals surface area (Å²) in [6.45, 7) is 4.47. The standard InChI is InChI=1S/C10H14O/c1-3-9-4-6-10(7-5-9)8-11-2/h3-4,6-7,9H,1,5,8H2,2H3. The SMILES string of the molecule is C=CC1C=CC(COC)=CC1. The molecule has 0 spiro atoms. The van der Waals surface area contributed by atoms with Crippen molar-refractivity contribution in [3.63, 3.8) is 0 Å². The summed E-state index contributed by atoms with van der Waals surface area (Å²) < 4.78 is 5.00. The van der Waals surface area contributed by atoms with Gasteiger partial charge in [0.25, 0.3) is 0 Å². The van der Waals surface area contributed by atoms with Gasteiger partial charge in [0.1, 0.15) is 0 Å². The lowest BCUT2D eigenvalue weighted by Gasteiger charge is -2.11. The van der Waals surface area contributed by atoms with Gasteiger partial charge in [-0.1, -0.05) is 24.3 Å². The number of methoxy groups -OCH3 is 1. The van der Waals surface area contributed by atoms with Crippen LogP contribution in [0.1, 0.15) is 6.42 Å². The molecular weight excluding hydrogens is 136 g/mol. The molecule has 0 saturated heterocycles. The molecule has 1 heteroatoms. The van der Waals surface area contributed by atoms with Crippen LogP contribution in [0.5, 0.6) is 0 Å². The fraction of sp³-hybridized carbons (Fsp3) is 0.400. The highest BCUT2D eigenvalue weighted by atomic mass is 16.5. The number of rotatable bonds is 3. The summed E-state index contributed by atoms with van der Waals surface area (Å²) in [5.74, 6) is 0.524. The zero-order valence-electron chi connectivity index (χ0n) is 6.92. The lowest BCUT2D eigenvalue weighted by Crippen LogP contribution is -1.99. The van der Waals surface area contributed by atoms with Gasteiger partial charge in [-0.15, -0.1) is 6.58 Å². The minimum Gasteiger partial charge on any atom is -0.380 e. The molecule has 0 radical (unpaired) electrons. The van der Waals surface area contributed by atoms with Crippen molar-refractivity contribution in [3.8, 4) is 0 Å². The third-order valence-corrected chi connectivity index (χ3v) is 1.82. The van der Waals surface area contributed by atoms with Crippen LogP contribution in [-0.2, 0) is 4.74 Å². The summed E-state index contributed by atoms with van der Waals surface area (Å²) in [4.78, 5) is 0. The van der Waals surface area contributed by atoms with Crippen LogP contribution in [0.3, 0.4) is 0 Å². The average molecular weight is 150 g/mol. The molecular formula is C10H14O. The summed E-state index contributed by atoms with van der Waals surface area (Å²) in [6.07, 6.45) is 9.52. The largest absolute Gasteiger partial charge is 0.380 e. The Morgan fingerprint density at radius 2 is 2.64 bits per heavy atom. The van der Waals surface area contributed by atoms with E-state index in [9.17, 15) is 0 Å². The first-order valence-electron chi connectivity index (χ1n) is 3.85. The van der Waals surface area contributed by atoms with E-state index in [0.29, 0.717) is 5.92 Å². The summed E-state index contributed by atoms with van der Waals surface area (Å²) in [7, 11) is 1.72. The maximum atomic E-state index is 5.00. The zero-order chi connectivity index (χ0) is 8.10. The lowest BCUT2D eigenvalue weighted by atomic mass is 9.97. The van der Waals surface area contributed by atoms with Crippen molar-refractivity contribution in [3.05, 3.63) is 36.5 Å². The molecule has 1 rings (SSSR count). The van der Waals surface area contributed by atoms with Crippen LogP contribution >= 0.6 is 0 Å². The van der Waals surface area contributed by atoms with Gasteiger partial charge < -0.3 is 4.74 Å². The van der Waals surface area contributed by atoms with Crippen molar-refractivity contribution in [1.82, 2.24) is 0 Å². The molecule has 11 heavy (non-hydrogen) atoms. The topological polar surface area (TPSA) is 9.23 Å². The summed E-state index contributed by atoms with van der Waals surface area (Å²) in [6, 6.07) is 0. The van der Waals surface area contributed by atoms with E-state index >= 15 is 0 Å². The molecule has 0 heterocycles. The van der Waals surface area contributed by atoms with E-state index in [2.05, 4.69) is 24.8 Å². The molecule has 0 N–H and O–H groups in total. The number of allylic oxidation sites excluding steroid dienone is 3. The van der Waals surface area contributed by atoms with E-state index in [4.69, 9.17) is 4.74 Å². The minimum atomic E-state index is 0.524. The normalized spacial score (nSPS) is 23.0. The quantitative estimate of drug-likeness (QED) is 0.561. The Balaban J connectivity index is 2.45. The first kappa shape index (κ1) is 8.28. The summed E-state index contributed by atoms with van der Waals surface area (Å²) in [5, 5.41) is 0. The van der Waals surface area contributed by atoms with Crippen LogP contribution in [0.4, 0.5) is 0 Å². The predicted octanol–water partition coefficient (Wildman–Crippen LogP) is 2.32. The maximum absolute atomic E-state index is 5.00. The molecule has 1 atom stereocenters. The van der Waals surface area contributed by atoms with Crippen molar-refractivity contribution in [1.29, 1.82) is 0 Å². The third kappa shape index (κ3) is 2.35. The van der Waals surface area contributed by atoms with Crippen LogP contribution in [0, 0.1) is 5.92 Å². The average Bonchev–Trinajstić information content (AvgIpc) is 2.07. The van der Waals surface area contributed by atoms with Gasteiger partial charge in [0.2, 0.25) is 0 Å². The molecule has 0 bridgehead atoms. The van der Waals surface area contributed by atoms with Gasteiger partial charge >= 0.3 is 0 Å². The monoisotopic (exact) mass is 150 g/mol. The van der Waals surface area contributed by atoms with E-state index in [1.165, 1.54) is 5.57 Å². The van der Waals surface area contributed by atoms with Crippen molar-refractivity contribution < 1.29 is 4.74 Å². The minimum absolute atomic E-state index is 0.524. The molecule has 0 amide bonds. The van der Waals surface area contributed by atoms with Crippen molar-refractivity contribution in [2.75, 3.05) is 13.7 Å². The molecule has 60 valence electrons. The van der Waals surface area contributed by atoms with Crippen LogP contribution in [0.2, 0.25) is 0 Å². The Labute approximate surface area is 68.1 Å². The molecule has 1 aliphatic rings. The number of hydrogen-bond donors (Lipinski definition) is 0.